The van der Waals surface area contributed by atoms with Gasteiger partial charge in [-0.25, -0.2) is 4.39 Å². The molecule has 0 aliphatic carbocycles. The number of anilines is 1. The topological polar surface area (TPSA) is 114 Å². The molecule has 3 N–H and O–H groups in total. The fraction of sp³-hybridized carbons (Fsp3) is 0.421. The van der Waals surface area contributed by atoms with Crippen LogP contribution in [-0.4, -0.2) is 47.8 Å². The summed E-state index contributed by atoms with van der Waals surface area (Å²) in [6.45, 7) is 3.42. The molecule has 1 fully saturated rings. The van der Waals surface area contributed by atoms with Crippen molar-refractivity contribution in [2.45, 2.75) is 12.8 Å². The Morgan fingerprint density at radius 3 is 3.00 bits per heavy atom. The molecule has 0 aromatic carbocycles. The van der Waals surface area contributed by atoms with E-state index in [0.29, 0.717) is 42.2 Å². The van der Waals surface area contributed by atoms with Crippen LogP contribution >= 0.6 is 11.5 Å². The number of rotatable bonds is 3. The van der Waals surface area contributed by atoms with Crippen molar-refractivity contribution in [2.75, 3.05) is 38.3 Å². The minimum absolute atomic E-state index is 0.0539. The Bertz CT molecular complexity index is 1330. The summed E-state index contributed by atoms with van der Waals surface area (Å²) >= 11 is 1.13. The minimum atomic E-state index is -0.611. The quantitative estimate of drug-likeness (QED) is 0.601. The van der Waals surface area contributed by atoms with E-state index in [1.807, 2.05) is 11.8 Å². The van der Waals surface area contributed by atoms with Gasteiger partial charge >= 0.3 is 0 Å². The maximum atomic E-state index is 15.4. The smallest absolute Gasteiger partial charge is 0.271 e. The van der Waals surface area contributed by atoms with Crippen LogP contribution in [0, 0.1) is 11.7 Å². The first-order valence-corrected chi connectivity index (χ1v) is 10.4. The minimum Gasteiger partial charge on any atom is -0.488 e. The van der Waals surface area contributed by atoms with E-state index in [4.69, 9.17) is 15.3 Å². The molecule has 3 aromatic rings. The molecule has 3 aromatic heterocycles. The number of hydrogen-bond acceptors (Lipinski definition) is 8. The molecule has 9 nitrogen and oxygen atoms in total. The predicted molar refractivity (Wildman–Crippen MR) is 113 cm³/mol. The molecule has 158 valence electrons. The molecular formula is C19H20FN5O4S. The van der Waals surface area contributed by atoms with Crippen molar-refractivity contribution >= 4 is 38.5 Å². The van der Waals surface area contributed by atoms with E-state index in [-0.39, 0.29) is 22.9 Å². The van der Waals surface area contributed by atoms with Crippen LogP contribution in [0.5, 0.6) is 5.75 Å². The lowest BCUT2D eigenvalue weighted by atomic mass is 9.97. The van der Waals surface area contributed by atoms with E-state index >= 15 is 4.39 Å². The first-order chi connectivity index (χ1) is 14.5. The van der Waals surface area contributed by atoms with Crippen molar-refractivity contribution in [3.05, 3.63) is 38.3 Å². The van der Waals surface area contributed by atoms with Crippen LogP contribution < -0.4 is 26.5 Å². The normalized spacial score (nSPS) is 22.3. The van der Waals surface area contributed by atoms with E-state index < -0.39 is 16.9 Å². The Morgan fingerprint density at radius 2 is 2.27 bits per heavy atom. The second-order valence-electron chi connectivity index (χ2n) is 7.62. The maximum Gasteiger partial charge on any atom is 0.271 e. The van der Waals surface area contributed by atoms with Crippen LogP contribution in [0.4, 0.5) is 10.1 Å². The summed E-state index contributed by atoms with van der Waals surface area (Å²) in [5, 5.41) is 4.09. The number of fused-ring (bicyclic) bond motifs is 2. The van der Waals surface area contributed by atoms with Crippen molar-refractivity contribution in [1.82, 2.24) is 8.77 Å². The first-order valence-electron chi connectivity index (χ1n) is 9.55. The van der Waals surface area contributed by atoms with Gasteiger partial charge in [0, 0.05) is 30.5 Å². The summed E-state index contributed by atoms with van der Waals surface area (Å²) in [4.78, 5) is 32.0. The highest BCUT2D eigenvalue weighted by molar-refractivity contribution is 7.13. The SMILES string of the molecule is CON=C1CN(c2c(F)cn3c(=O)c4c(=O)[nH]sc4c4c3c2OCC4C)CC1CN. The lowest BCUT2D eigenvalue weighted by molar-refractivity contribution is 0.211. The number of ether oxygens (including phenoxy) is 1. The highest BCUT2D eigenvalue weighted by Crippen LogP contribution is 2.45. The second-order valence-corrected chi connectivity index (χ2v) is 8.44. The third kappa shape index (κ3) is 2.51. The van der Waals surface area contributed by atoms with E-state index in [1.54, 1.807) is 0 Å². The van der Waals surface area contributed by atoms with Crippen molar-refractivity contribution in [3.8, 4) is 5.75 Å². The Kier molecular flexibility index (Phi) is 4.33. The fourth-order valence-electron chi connectivity index (χ4n) is 4.44. The van der Waals surface area contributed by atoms with Crippen molar-refractivity contribution in [3.63, 3.8) is 0 Å². The van der Waals surface area contributed by atoms with E-state index in [1.165, 1.54) is 11.5 Å². The summed E-state index contributed by atoms with van der Waals surface area (Å²) in [5.74, 6) is -0.450. The van der Waals surface area contributed by atoms with Gasteiger partial charge in [0.15, 0.2) is 11.6 Å². The molecule has 0 radical (unpaired) electrons. The highest BCUT2D eigenvalue weighted by atomic mass is 32.1. The molecule has 1 saturated heterocycles. The van der Waals surface area contributed by atoms with Gasteiger partial charge in [0.1, 0.15) is 18.2 Å². The number of aromatic amines is 1. The molecule has 2 atom stereocenters. The van der Waals surface area contributed by atoms with Crippen molar-refractivity contribution in [1.29, 1.82) is 0 Å². The molecule has 0 spiro atoms. The zero-order valence-corrected chi connectivity index (χ0v) is 17.2. The van der Waals surface area contributed by atoms with Gasteiger partial charge in [0.2, 0.25) is 0 Å². The molecule has 5 rings (SSSR count). The molecule has 0 saturated carbocycles. The van der Waals surface area contributed by atoms with Gasteiger partial charge in [-0.2, -0.15) is 0 Å². The number of aromatic nitrogens is 2. The van der Waals surface area contributed by atoms with Crippen molar-refractivity contribution in [2.24, 2.45) is 16.8 Å². The number of H-pyrrole nitrogens is 1. The number of halogens is 1. The lowest BCUT2D eigenvalue weighted by Crippen LogP contribution is -2.29. The molecule has 2 aliphatic rings. The molecule has 0 amide bonds. The summed E-state index contributed by atoms with van der Waals surface area (Å²) in [6.07, 6.45) is 1.14. The largest absolute Gasteiger partial charge is 0.488 e. The molecule has 0 bridgehead atoms. The van der Waals surface area contributed by atoms with Crippen LogP contribution in [0.3, 0.4) is 0 Å². The fourth-order valence-corrected chi connectivity index (χ4v) is 5.42. The van der Waals surface area contributed by atoms with E-state index in [9.17, 15) is 9.59 Å². The average molecular weight is 433 g/mol. The number of hydrogen-bond donors (Lipinski definition) is 2. The number of nitrogens with zero attached hydrogens (tertiary/aromatic N) is 3. The van der Waals surface area contributed by atoms with Gasteiger partial charge in [0.25, 0.3) is 11.1 Å². The van der Waals surface area contributed by atoms with Gasteiger partial charge < -0.3 is 20.2 Å². The molecule has 2 unspecified atom stereocenters. The van der Waals surface area contributed by atoms with Crippen LogP contribution in [0.1, 0.15) is 18.4 Å². The Labute approximate surface area is 173 Å². The van der Waals surface area contributed by atoms with Crippen LogP contribution in [-0.2, 0) is 4.84 Å². The van der Waals surface area contributed by atoms with E-state index in [0.717, 1.165) is 29.0 Å². The molecule has 5 heterocycles. The standard InChI is InChI=1S/C19H20FN5O4S/c1-8-7-29-16-14(24-4-9(3-21)11(6-24)22-28-2)10(20)5-25-15(16)12(8)17-13(19(25)27)18(26)23-30-17/h5,8-9H,3-4,6-7,21H2,1-2H3,(H,23,26). The number of nitrogens with one attached hydrogen (secondary N) is 1. The lowest BCUT2D eigenvalue weighted by Gasteiger charge is -2.29. The van der Waals surface area contributed by atoms with Crippen LogP contribution in [0.2, 0.25) is 0 Å². The van der Waals surface area contributed by atoms with Gasteiger partial charge in [-0.15, -0.1) is 0 Å². The number of oxime groups is 1. The van der Waals surface area contributed by atoms with Crippen molar-refractivity contribution < 1.29 is 14.0 Å². The first kappa shape index (κ1) is 19.1. The molecule has 11 heteroatoms. The Balaban J connectivity index is 1.82. The number of pyridine rings is 2. The average Bonchev–Trinajstić information content (AvgIpc) is 3.30. The molecule has 30 heavy (non-hydrogen) atoms. The van der Waals surface area contributed by atoms with Gasteiger partial charge in [-0.3, -0.25) is 18.4 Å². The monoisotopic (exact) mass is 433 g/mol. The number of nitrogens with two attached hydrogens (primary N) is 1. The summed E-state index contributed by atoms with van der Waals surface area (Å²) in [6, 6.07) is 0. The third-order valence-corrected chi connectivity index (χ3v) is 6.73. The third-order valence-electron chi connectivity index (χ3n) is 5.82. The highest BCUT2D eigenvalue weighted by Gasteiger charge is 2.36. The maximum absolute atomic E-state index is 15.4. The van der Waals surface area contributed by atoms with Gasteiger partial charge in [0.05, 0.1) is 35.3 Å². The zero-order chi connectivity index (χ0) is 21.2. The second kappa shape index (κ2) is 6.81. The van der Waals surface area contributed by atoms with Crippen LogP contribution in [0.15, 0.2) is 20.9 Å². The zero-order valence-electron chi connectivity index (χ0n) is 16.4. The van der Waals surface area contributed by atoms with Gasteiger partial charge in [-0.05, 0) is 0 Å². The van der Waals surface area contributed by atoms with Gasteiger partial charge in [-0.1, -0.05) is 23.6 Å². The van der Waals surface area contributed by atoms with Crippen LogP contribution in [0.25, 0.3) is 15.6 Å². The van der Waals surface area contributed by atoms with E-state index in [2.05, 4.69) is 9.53 Å². The molecular weight excluding hydrogens is 413 g/mol. The predicted octanol–water partition coefficient (Wildman–Crippen LogP) is 1.23. The summed E-state index contributed by atoms with van der Waals surface area (Å²) in [7, 11) is 1.46. The Hall–Kier alpha value is -2.92. The molecule has 2 aliphatic heterocycles. The summed E-state index contributed by atoms with van der Waals surface area (Å²) in [5.41, 5.74) is 7.16. The summed E-state index contributed by atoms with van der Waals surface area (Å²) < 4.78 is 25.8. The Morgan fingerprint density at radius 1 is 1.47 bits per heavy atom.